The zero-order valence-corrected chi connectivity index (χ0v) is 13.7. The molecule has 24 heavy (non-hydrogen) atoms. The monoisotopic (exact) mass is 325 g/mol. The maximum Gasteiger partial charge on any atom is 0.307 e. The summed E-state index contributed by atoms with van der Waals surface area (Å²) in [5.41, 5.74) is 3.29. The Morgan fingerprint density at radius 2 is 2.00 bits per heavy atom. The molecule has 0 spiro atoms. The van der Waals surface area contributed by atoms with Crippen molar-refractivity contribution in [3.05, 3.63) is 35.0 Å². The third kappa shape index (κ3) is 2.25. The molecule has 6 heteroatoms. The van der Waals surface area contributed by atoms with Gasteiger partial charge in [-0.25, -0.2) is 0 Å². The van der Waals surface area contributed by atoms with Crippen molar-refractivity contribution >= 4 is 22.8 Å². The molecule has 124 valence electrons. The van der Waals surface area contributed by atoms with E-state index in [1.54, 1.807) is 11.0 Å². The van der Waals surface area contributed by atoms with Crippen molar-refractivity contribution in [1.82, 2.24) is 15.1 Å². The molecule has 1 amide bonds. The largest absolute Gasteiger partial charge is 0.481 e. The number of piperidine rings is 1. The number of carboxylic acid groups (broad SMARTS) is 1. The summed E-state index contributed by atoms with van der Waals surface area (Å²) in [4.78, 5) is 25.8. The number of likely N-dealkylation sites (tertiary alicyclic amines) is 1. The second-order valence-electron chi connectivity index (χ2n) is 6.87. The third-order valence-electron chi connectivity index (χ3n) is 5.57. The number of nitrogens with zero attached hydrogens (tertiary/aromatic N) is 3. The standard InChI is InChI=1S/C18H19N3O3/c1-9-10(2)19-20-15-4-3-11(7-13(9)15)17(22)21-6-5-12-14(8-21)16(12)18(23)24/h3-4,7,12,14,16H,5-6,8H2,1-2H3,(H,23,24)/t12-,14+,16-/m0/s1. The van der Waals surface area contributed by atoms with Gasteiger partial charge in [0.05, 0.1) is 17.1 Å². The summed E-state index contributed by atoms with van der Waals surface area (Å²) < 4.78 is 0. The fraction of sp³-hybridized carbons (Fsp3) is 0.444. The van der Waals surface area contributed by atoms with Crippen LogP contribution in [0.3, 0.4) is 0 Å². The minimum Gasteiger partial charge on any atom is -0.481 e. The zero-order valence-electron chi connectivity index (χ0n) is 13.7. The van der Waals surface area contributed by atoms with E-state index < -0.39 is 5.97 Å². The van der Waals surface area contributed by atoms with E-state index >= 15 is 0 Å². The first-order valence-corrected chi connectivity index (χ1v) is 8.23. The van der Waals surface area contributed by atoms with Gasteiger partial charge in [0.1, 0.15) is 0 Å². The van der Waals surface area contributed by atoms with Gasteiger partial charge in [-0.1, -0.05) is 0 Å². The Balaban J connectivity index is 1.60. The number of hydrogen-bond acceptors (Lipinski definition) is 4. The lowest BCUT2D eigenvalue weighted by Gasteiger charge is -2.26. The Kier molecular flexibility index (Phi) is 3.30. The van der Waals surface area contributed by atoms with Gasteiger partial charge in [-0.3, -0.25) is 9.59 Å². The van der Waals surface area contributed by atoms with Crippen LogP contribution >= 0.6 is 0 Å². The molecule has 1 aromatic heterocycles. The van der Waals surface area contributed by atoms with E-state index in [-0.39, 0.29) is 23.7 Å². The van der Waals surface area contributed by atoms with Crippen LogP contribution in [0.15, 0.2) is 18.2 Å². The predicted molar refractivity (Wildman–Crippen MR) is 87.6 cm³/mol. The fourth-order valence-electron chi connectivity index (χ4n) is 3.93. The Bertz CT molecular complexity index is 864. The first-order chi connectivity index (χ1) is 11.5. The van der Waals surface area contributed by atoms with Crippen molar-refractivity contribution in [3.63, 3.8) is 0 Å². The molecule has 4 rings (SSSR count). The van der Waals surface area contributed by atoms with Crippen LogP contribution in [-0.4, -0.2) is 45.2 Å². The molecule has 0 radical (unpaired) electrons. The normalized spacial score (nSPS) is 25.4. The van der Waals surface area contributed by atoms with E-state index in [2.05, 4.69) is 10.2 Å². The highest BCUT2D eigenvalue weighted by molar-refractivity contribution is 5.98. The number of aromatic nitrogens is 2. The molecule has 3 atom stereocenters. The van der Waals surface area contributed by atoms with Crippen LogP contribution in [-0.2, 0) is 4.79 Å². The molecule has 2 aliphatic rings. The van der Waals surface area contributed by atoms with Gasteiger partial charge in [0.25, 0.3) is 5.91 Å². The summed E-state index contributed by atoms with van der Waals surface area (Å²) >= 11 is 0. The molecule has 6 nitrogen and oxygen atoms in total. The van der Waals surface area contributed by atoms with Crippen molar-refractivity contribution in [1.29, 1.82) is 0 Å². The van der Waals surface area contributed by atoms with Crippen molar-refractivity contribution in [2.45, 2.75) is 20.3 Å². The third-order valence-corrected chi connectivity index (χ3v) is 5.57. The van der Waals surface area contributed by atoms with Crippen LogP contribution in [0.25, 0.3) is 10.9 Å². The van der Waals surface area contributed by atoms with E-state index in [0.717, 1.165) is 28.6 Å². The molecule has 1 saturated carbocycles. The van der Waals surface area contributed by atoms with E-state index in [0.29, 0.717) is 18.7 Å². The van der Waals surface area contributed by atoms with E-state index in [1.807, 2.05) is 26.0 Å². The fourth-order valence-corrected chi connectivity index (χ4v) is 3.93. The highest BCUT2D eigenvalue weighted by atomic mass is 16.4. The zero-order chi connectivity index (χ0) is 17.0. The molecule has 1 aliphatic heterocycles. The summed E-state index contributed by atoms with van der Waals surface area (Å²) in [6, 6.07) is 5.48. The van der Waals surface area contributed by atoms with E-state index in [9.17, 15) is 14.7 Å². The van der Waals surface area contributed by atoms with Gasteiger partial charge < -0.3 is 10.0 Å². The summed E-state index contributed by atoms with van der Waals surface area (Å²) in [5.74, 6) is -0.645. The number of rotatable bonds is 2. The van der Waals surface area contributed by atoms with Crippen molar-refractivity contribution in [3.8, 4) is 0 Å². The Morgan fingerprint density at radius 1 is 1.21 bits per heavy atom. The smallest absolute Gasteiger partial charge is 0.307 e. The Hall–Kier alpha value is -2.50. The summed E-state index contributed by atoms with van der Waals surface area (Å²) in [6.07, 6.45) is 0.782. The van der Waals surface area contributed by atoms with Gasteiger partial charge in [0.2, 0.25) is 0 Å². The maximum absolute atomic E-state index is 12.8. The predicted octanol–water partition coefficient (Wildman–Crippen LogP) is 2.04. The topological polar surface area (TPSA) is 83.4 Å². The molecular weight excluding hydrogens is 306 g/mol. The molecule has 1 aliphatic carbocycles. The van der Waals surface area contributed by atoms with Gasteiger partial charge in [0.15, 0.2) is 0 Å². The Morgan fingerprint density at radius 3 is 2.75 bits per heavy atom. The summed E-state index contributed by atoms with van der Waals surface area (Å²) in [5, 5.41) is 18.4. The number of aryl methyl sites for hydroxylation is 2. The van der Waals surface area contributed by atoms with Crippen LogP contribution < -0.4 is 0 Å². The molecule has 2 aromatic rings. The molecule has 2 fully saturated rings. The van der Waals surface area contributed by atoms with Crippen molar-refractivity contribution in [2.75, 3.05) is 13.1 Å². The number of fused-ring (bicyclic) bond motifs is 2. The van der Waals surface area contributed by atoms with E-state index in [4.69, 9.17) is 0 Å². The van der Waals surface area contributed by atoms with Gasteiger partial charge >= 0.3 is 5.97 Å². The second-order valence-corrected chi connectivity index (χ2v) is 6.87. The number of carbonyl (C=O) groups excluding carboxylic acids is 1. The summed E-state index contributed by atoms with van der Waals surface area (Å²) in [6.45, 7) is 5.06. The number of benzene rings is 1. The van der Waals surface area contributed by atoms with Crippen molar-refractivity contribution < 1.29 is 14.7 Å². The lowest BCUT2D eigenvalue weighted by Crippen LogP contribution is -2.37. The lowest BCUT2D eigenvalue weighted by atomic mass is 10.0. The SMILES string of the molecule is Cc1nnc2ccc(C(=O)N3CC[C@H]4[C@@H](C3)[C@H]4C(=O)O)cc2c1C. The highest BCUT2D eigenvalue weighted by Crippen LogP contribution is 2.51. The molecule has 0 bridgehead atoms. The molecule has 1 saturated heterocycles. The minimum atomic E-state index is -0.727. The molecule has 0 unspecified atom stereocenters. The van der Waals surface area contributed by atoms with E-state index in [1.165, 1.54) is 0 Å². The molecule has 1 aromatic carbocycles. The van der Waals surface area contributed by atoms with Gasteiger partial charge in [-0.2, -0.15) is 10.2 Å². The first-order valence-electron chi connectivity index (χ1n) is 8.23. The quantitative estimate of drug-likeness (QED) is 0.913. The van der Waals surface area contributed by atoms with Crippen LogP contribution in [0, 0.1) is 31.6 Å². The molecular formula is C18H19N3O3. The van der Waals surface area contributed by atoms with Crippen molar-refractivity contribution in [2.24, 2.45) is 17.8 Å². The number of hydrogen-bond donors (Lipinski definition) is 1. The number of amides is 1. The number of carboxylic acids is 1. The van der Waals surface area contributed by atoms with Crippen LogP contribution in [0.4, 0.5) is 0 Å². The van der Waals surface area contributed by atoms with Gasteiger partial charge in [0, 0.05) is 24.0 Å². The highest BCUT2D eigenvalue weighted by Gasteiger charge is 2.57. The summed E-state index contributed by atoms with van der Waals surface area (Å²) in [7, 11) is 0. The Labute approximate surface area is 139 Å². The lowest BCUT2D eigenvalue weighted by molar-refractivity contribution is -0.139. The second kappa shape index (κ2) is 5.26. The number of carbonyl (C=O) groups is 2. The number of aliphatic carboxylic acids is 1. The first kappa shape index (κ1) is 15.1. The van der Waals surface area contributed by atoms with Crippen LogP contribution in [0.5, 0.6) is 0 Å². The van der Waals surface area contributed by atoms with Gasteiger partial charge in [-0.05, 0) is 55.9 Å². The molecule has 2 heterocycles. The van der Waals surface area contributed by atoms with Crippen LogP contribution in [0.2, 0.25) is 0 Å². The average Bonchev–Trinajstić information content (AvgIpc) is 3.31. The minimum absolute atomic E-state index is 0.0275. The van der Waals surface area contributed by atoms with Crippen LogP contribution in [0.1, 0.15) is 28.0 Å². The molecule has 1 N–H and O–H groups in total. The average molecular weight is 325 g/mol. The van der Waals surface area contributed by atoms with Gasteiger partial charge in [-0.15, -0.1) is 0 Å². The maximum atomic E-state index is 12.8.